The summed E-state index contributed by atoms with van der Waals surface area (Å²) < 4.78 is 0. The maximum absolute atomic E-state index is 13.3. The second-order valence-electron chi connectivity index (χ2n) is 9.46. The van der Waals surface area contributed by atoms with E-state index in [1.165, 1.54) is 12.1 Å². The number of unbranched alkanes of at least 4 members (excludes halogenated alkanes) is 1. The topological polar surface area (TPSA) is 240 Å². The zero-order valence-electron chi connectivity index (χ0n) is 21.8. The summed E-state index contributed by atoms with van der Waals surface area (Å²) >= 11 is 0. The summed E-state index contributed by atoms with van der Waals surface area (Å²) in [5.74, 6) is -4.55. The Kier molecular flexibility index (Phi) is 13.8. The van der Waals surface area contributed by atoms with Crippen LogP contribution in [0.4, 0.5) is 0 Å². The van der Waals surface area contributed by atoms with Crippen molar-refractivity contribution in [3.63, 3.8) is 0 Å². The van der Waals surface area contributed by atoms with Crippen molar-refractivity contribution in [1.29, 1.82) is 0 Å². The van der Waals surface area contributed by atoms with E-state index in [-0.39, 0.29) is 25.0 Å². The number of carboxylic acid groups (broad SMARTS) is 1. The summed E-state index contributed by atoms with van der Waals surface area (Å²) in [5, 5.41) is 26.5. The van der Waals surface area contributed by atoms with Crippen molar-refractivity contribution in [2.45, 2.75) is 76.5 Å². The summed E-state index contributed by atoms with van der Waals surface area (Å²) in [5.41, 5.74) is 17.3. The van der Waals surface area contributed by atoms with Crippen LogP contribution in [-0.4, -0.2) is 70.5 Å². The molecule has 1 aromatic carbocycles. The lowest BCUT2D eigenvalue weighted by atomic mass is 10.0. The van der Waals surface area contributed by atoms with Crippen LogP contribution in [0.1, 0.15) is 51.5 Å². The van der Waals surface area contributed by atoms with E-state index in [1.807, 2.05) is 0 Å². The molecule has 1 aromatic rings. The molecule has 0 aromatic heterocycles. The number of phenols is 1. The van der Waals surface area contributed by atoms with Crippen molar-refractivity contribution in [1.82, 2.24) is 16.0 Å². The van der Waals surface area contributed by atoms with Crippen molar-refractivity contribution in [3.05, 3.63) is 29.8 Å². The molecule has 13 heteroatoms. The van der Waals surface area contributed by atoms with Crippen LogP contribution >= 0.6 is 0 Å². The number of primary amides is 1. The number of carboxylic acids is 1. The first-order chi connectivity index (χ1) is 17.8. The Bertz CT molecular complexity index is 954. The largest absolute Gasteiger partial charge is 0.508 e. The minimum absolute atomic E-state index is 0.00127. The number of carbonyl (C=O) groups is 5. The van der Waals surface area contributed by atoms with Crippen LogP contribution in [0.5, 0.6) is 5.75 Å². The van der Waals surface area contributed by atoms with Crippen LogP contribution in [-0.2, 0) is 30.4 Å². The Morgan fingerprint density at radius 1 is 0.868 bits per heavy atom. The number of phenolic OH excluding ortho intramolecular Hbond substituents is 1. The Morgan fingerprint density at radius 3 is 1.97 bits per heavy atom. The van der Waals surface area contributed by atoms with Crippen LogP contribution in [0.2, 0.25) is 0 Å². The number of benzene rings is 1. The van der Waals surface area contributed by atoms with Gasteiger partial charge in [0, 0.05) is 12.8 Å². The molecule has 11 N–H and O–H groups in total. The van der Waals surface area contributed by atoms with E-state index >= 15 is 0 Å². The summed E-state index contributed by atoms with van der Waals surface area (Å²) in [6.07, 6.45) is 1.22. The number of nitrogens with one attached hydrogen (secondary N) is 3. The van der Waals surface area contributed by atoms with E-state index in [0.29, 0.717) is 31.4 Å². The van der Waals surface area contributed by atoms with Gasteiger partial charge in [-0.3, -0.25) is 19.2 Å². The lowest BCUT2D eigenvalue weighted by Crippen LogP contribution is -2.58. The van der Waals surface area contributed by atoms with E-state index in [1.54, 1.807) is 26.0 Å². The first kappa shape index (κ1) is 32.3. The number of nitrogens with two attached hydrogens (primary N) is 3. The highest BCUT2D eigenvalue weighted by Crippen LogP contribution is 2.12. The van der Waals surface area contributed by atoms with E-state index in [2.05, 4.69) is 16.0 Å². The van der Waals surface area contributed by atoms with Crippen molar-refractivity contribution >= 4 is 29.6 Å². The molecule has 0 aliphatic rings. The van der Waals surface area contributed by atoms with Crippen LogP contribution in [0, 0.1) is 5.92 Å². The van der Waals surface area contributed by atoms with Crippen LogP contribution in [0.25, 0.3) is 0 Å². The van der Waals surface area contributed by atoms with Gasteiger partial charge in [-0.15, -0.1) is 0 Å². The molecule has 0 fully saturated rings. The normalized spacial score (nSPS) is 14.1. The molecular formula is C25H40N6O7. The van der Waals surface area contributed by atoms with Gasteiger partial charge in [0.1, 0.15) is 23.9 Å². The lowest BCUT2D eigenvalue weighted by molar-refractivity contribution is -0.143. The Hall–Kier alpha value is -3.71. The van der Waals surface area contributed by atoms with Gasteiger partial charge in [0.2, 0.25) is 23.6 Å². The molecule has 0 saturated heterocycles. The minimum Gasteiger partial charge on any atom is -0.508 e. The van der Waals surface area contributed by atoms with E-state index in [4.69, 9.17) is 17.2 Å². The van der Waals surface area contributed by atoms with Crippen LogP contribution in [0.15, 0.2) is 24.3 Å². The highest BCUT2D eigenvalue weighted by atomic mass is 16.4. The quantitative estimate of drug-likeness (QED) is 0.112. The first-order valence-electron chi connectivity index (χ1n) is 12.5. The molecule has 4 unspecified atom stereocenters. The van der Waals surface area contributed by atoms with Crippen molar-refractivity contribution in [3.8, 4) is 5.75 Å². The van der Waals surface area contributed by atoms with Crippen LogP contribution in [0.3, 0.4) is 0 Å². The Morgan fingerprint density at radius 2 is 1.45 bits per heavy atom. The third-order valence-electron chi connectivity index (χ3n) is 5.86. The Balaban J connectivity index is 3.13. The number of aromatic hydroxyl groups is 1. The fourth-order valence-electron chi connectivity index (χ4n) is 3.59. The fraction of sp³-hybridized carbons (Fsp3) is 0.560. The standard InChI is InChI=1S/C25H40N6O7/c1-14(2)21(25(37)38)31-23(35)18(10-11-20(28)33)29-24(36)19(13-15-6-8-16(32)9-7-15)30-22(34)17(27)5-3-4-12-26/h6-9,14,17-19,21,32H,3-5,10-13,26-27H2,1-2H3,(H2,28,33)(H,29,36)(H,30,34)(H,31,35)(H,37,38). The highest BCUT2D eigenvalue weighted by molar-refractivity contribution is 5.94. The van der Waals surface area contributed by atoms with Crippen LogP contribution < -0.4 is 33.2 Å². The average molecular weight is 537 g/mol. The smallest absolute Gasteiger partial charge is 0.326 e. The molecule has 4 atom stereocenters. The Labute approximate surface area is 221 Å². The lowest BCUT2D eigenvalue weighted by Gasteiger charge is -2.26. The molecule has 0 aliphatic carbocycles. The van der Waals surface area contributed by atoms with Gasteiger partial charge in [-0.2, -0.15) is 0 Å². The molecule has 1 rings (SSSR count). The monoisotopic (exact) mass is 536 g/mol. The van der Waals surface area contributed by atoms with E-state index < -0.39 is 59.7 Å². The molecule has 0 aliphatic heterocycles. The summed E-state index contributed by atoms with van der Waals surface area (Å²) in [4.78, 5) is 61.9. The molecule has 0 heterocycles. The molecule has 4 amide bonds. The molecule has 38 heavy (non-hydrogen) atoms. The fourth-order valence-corrected chi connectivity index (χ4v) is 3.59. The van der Waals surface area contributed by atoms with E-state index in [0.717, 1.165) is 0 Å². The number of amides is 4. The van der Waals surface area contributed by atoms with Gasteiger partial charge in [-0.1, -0.05) is 32.4 Å². The number of hydrogen-bond donors (Lipinski definition) is 8. The SMILES string of the molecule is CC(C)C(NC(=O)C(CCC(N)=O)NC(=O)C(Cc1ccc(O)cc1)NC(=O)C(N)CCCCN)C(=O)O. The van der Waals surface area contributed by atoms with Gasteiger partial charge < -0.3 is 43.4 Å². The molecule has 13 nitrogen and oxygen atoms in total. The molecule has 0 saturated carbocycles. The second kappa shape index (κ2) is 16.2. The third kappa shape index (κ3) is 11.6. The molecular weight excluding hydrogens is 496 g/mol. The number of rotatable bonds is 17. The van der Waals surface area contributed by atoms with Gasteiger partial charge in [0.15, 0.2) is 0 Å². The minimum atomic E-state index is -1.30. The second-order valence-corrected chi connectivity index (χ2v) is 9.46. The zero-order chi connectivity index (χ0) is 28.8. The van der Waals surface area contributed by atoms with Gasteiger partial charge in [-0.25, -0.2) is 4.79 Å². The molecule has 0 bridgehead atoms. The summed E-state index contributed by atoms with van der Waals surface area (Å²) in [7, 11) is 0. The summed E-state index contributed by atoms with van der Waals surface area (Å²) in [6.45, 7) is 3.67. The van der Waals surface area contributed by atoms with Crippen molar-refractivity contribution in [2.24, 2.45) is 23.1 Å². The maximum Gasteiger partial charge on any atom is 0.326 e. The van der Waals surface area contributed by atoms with Gasteiger partial charge >= 0.3 is 5.97 Å². The number of hydrogen-bond acceptors (Lipinski definition) is 8. The molecule has 212 valence electrons. The van der Waals surface area contributed by atoms with Crippen molar-refractivity contribution < 1.29 is 34.2 Å². The predicted molar refractivity (Wildman–Crippen MR) is 139 cm³/mol. The first-order valence-corrected chi connectivity index (χ1v) is 12.5. The van der Waals surface area contributed by atoms with Gasteiger partial charge in [0.25, 0.3) is 0 Å². The van der Waals surface area contributed by atoms with Gasteiger partial charge in [-0.05, 0) is 49.4 Å². The summed E-state index contributed by atoms with van der Waals surface area (Å²) in [6, 6.07) is 1.39. The molecule has 0 radical (unpaired) electrons. The zero-order valence-corrected chi connectivity index (χ0v) is 21.8. The van der Waals surface area contributed by atoms with Gasteiger partial charge in [0.05, 0.1) is 6.04 Å². The number of carbonyl (C=O) groups excluding carboxylic acids is 4. The third-order valence-corrected chi connectivity index (χ3v) is 5.86. The maximum atomic E-state index is 13.3. The predicted octanol–water partition coefficient (Wildman–Crippen LogP) is -1.15. The highest BCUT2D eigenvalue weighted by Gasteiger charge is 2.31. The number of aliphatic carboxylic acids is 1. The average Bonchev–Trinajstić information content (AvgIpc) is 2.85. The van der Waals surface area contributed by atoms with Crippen molar-refractivity contribution in [2.75, 3.05) is 6.54 Å². The molecule has 0 spiro atoms. The van der Waals surface area contributed by atoms with E-state index in [9.17, 15) is 34.2 Å².